The van der Waals surface area contributed by atoms with Gasteiger partial charge in [-0.05, 0) is 31.2 Å². The molecule has 4 heteroatoms. The van der Waals surface area contributed by atoms with Crippen LogP contribution in [0.2, 0.25) is 0 Å². The van der Waals surface area contributed by atoms with E-state index in [0.717, 1.165) is 44.0 Å². The molecule has 0 unspecified atom stereocenters. The van der Waals surface area contributed by atoms with Gasteiger partial charge in [0.05, 0.1) is 0 Å². The molecule has 21 heavy (non-hydrogen) atoms. The minimum atomic E-state index is 0.866. The summed E-state index contributed by atoms with van der Waals surface area (Å²) in [5.74, 6) is 1.05. The molecule has 0 radical (unpaired) electrons. The van der Waals surface area contributed by atoms with Crippen molar-refractivity contribution in [2.45, 2.75) is 26.3 Å². The zero-order valence-electron chi connectivity index (χ0n) is 12.9. The van der Waals surface area contributed by atoms with Crippen molar-refractivity contribution >= 4 is 5.82 Å². The molecule has 0 aliphatic rings. The molecule has 0 fully saturated rings. The highest BCUT2D eigenvalue weighted by Crippen LogP contribution is 2.16. The van der Waals surface area contributed by atoms with Crippen LogP contribution >= 0.6 is 0 Å². The second kappa shape index (κ2) is 8.37. The third-order valence-corrected chi connectivity index (χ3v) is 3.40. The van der Waals surface area contributed by atoms with Gasteiger partial charge in [-0.1, -0.05) is 19.1 Å². The third kappa shape index (κ3) is 4.83. The maximum Gasteiger partial charge on any atom is 0.132 e. The third-order valence-electron chi connectivity index (χ3n) is 3.40. The van der Waals surface area contributed by atoms with Crippen LogP contribution in [0.5, 0.6) is 0 Å². The molecule has 0 aliphatic heterocycles. The summed E-state index contributed by atoms with van der Waals surface area (Å²) < 4.78 is 0. The largest absolute Gasteiger partial charge is 0.359 e. The first-order valence-corrected chi connectivity index (χ1v) is 7.57. The number of hydrogen-bond acceptors (Lipinski definition) is 4. The van der Waals surface area contributed by atoms with Crippen LogP contribution in [0, 0.1) is 0 Å². The van der Waals surface area contributed by atoms with Gasteiger partial charge >= 0.3 is 0 Å². The van der Waals surface area contributed by atoms with Gasteiger partial charge in [-0.15, -0.1) is 0 Å². The number of hydrogen-bond donors (Lipinski definition) is 1. The van der Waals surface area contributed by atoms with E-state index in [-0.39, 0.29) is 0 Å². The summed E-state index contributed by atoms with van der Waals surface area (Å²) in [6, 6.07) is 10.2. The zero-order valence-corrected chi connectivity index (χ0v) is 12.9. The first-order chi connectivity index (χ1) is 10.3. The average molecular weight is 284 g/mol. The van der Waals surface area contributed by atoms with E-state index < -0.39 is 0 Å². The summed E-state index contributed by atoms with van der Waals surface area (Å²) in [5, 5.41) is 3.44. The number of likely N-dealkylation sites (N-methyl/N-ethyl adjacent to an activating group) is 1. The van der Waals surface area contributed by atoms with Crippen LogP contribution in [0.1, 0.15) is 24.6 Å². The molecule has 0 atom stereocenters. The van der Waals surface area contributed by atoms with E-state index in [9.17, 15) is 0 Å². The van der Waals surface area contributed by atoms with Crippen molar-refractivity contribution in [3.8, 4) is 0 Å². The molecule has 0 spiro atoms. The van der Waals surface area contributed by atoms with Crippen molar-refractivity contribution in [3.63, 3.8) is 0 Å². The van der Waals surface area contributed by atoms with E-state index in [4.69, 9.17) is 0 Å². The highest BCUT2D eigenvalue weighted by molar-refractivity contribution is 5.46. The summed E-state index contributed by atoms with van der Waals surface area (Å²) in [6.45, 7) is 4.99. The Hall–Kier alpha value is -1.94. The first-order valence-electron chi connectivity index (χ1n) is 7.57. The molecule has 0 bridgehead atoms. The molecule has 2 rings (SSSR count). The Bertz CT molecular complexity index is 527. The molecule has 0 aliphatic carbocycles. The van der Waals surface area contributed by atoms with Gasteiger partial charge < -0.3 is 10.2 Å². The molecule has 4 nitrogen and oxygen atoms in total. The molecular formula is C17H24N4. The van der Waals surface area contributed by atoms with E-state index in [2.05, 4.69) is 46.3 Å². The predicted molar refractivity (Wildman–Crippen MR) is 87.4 cm³/mol. The normalized spacial score (nSPS) is 10.6. The van der Waals surface area contributed by atoms with Gasteiger partial charge in [0.25, 0.3) is 0 Å². The number of pyridine rings is 2. The zero-order chi connectivity index (χ0) is 14.9. The Morgan fingerprint density at radius 1 is 1.10 bits per heavy atom. The van der Waals surface area contributed by atoms with Gasteiger partial charge in [0, 0.05) is 50.2 Å². The van der Waals surface area contributed by atoms with Crippen LogP contribution < -0.4 is 10.2 Å². The van der Waals surface area contributed by atoms with Crippen LogP contribution in [-0.4, -0.2) is 30.1 Å². The topological polar surface area (TPSA) is 41.1 Å². The van der Waals surface area contributed by atoms with Crippen LogP contribution in [-0.2, 0) is 13.0 Å². The lowest BCUT2D eigenvalue weighted by atomic mass is 10.2. The number of nitrogens with zero attached hydrogens (tertiary/aromatic N) is 3. The Balaban J connectivity index is 1.96. The number of aromatic nitrogens is 2. The summed E-state index contributed by atoms with van der Waals surface area (Å²) in [5.41, 5.74) is 2.36. The lowest BCUT2D eigenvalue weighted by Crippen LogP contribution is -2.24. The number of anilines is 1. The van der Waals surface area contributed by atoms with Crippen LogP contribution in [0.15, 0.2) is 42.7 Å². The van der Waals surface area contributed by atoms with Gasteiger partial charge in [-0.3, -0.25) is 4.98 Å². The number of rotatable bonds is 8. The van der Waals surface area contributed by atoms with Gasteiger partial charge in [0.1, 0.15) is 5.82 Å². The smallest absolute Gasteiger partial charge is 0.132 e. The van der Waals surface area contributed by atoms with E-state index in [1.165, 1.54) is 5.56 Å². The van der Waals surface area contributed by atoms with Crippen molar-refractivity contribution in [2.24, 2.45) is 0 Å². The van der Waals surface area contributed by atoms with E-state index in [1.54, 1.807) is 0 Å². The Kier molecular flexibility index (Phi) is 6.16. The van der Waals surface area contributed by atoms with E-state index >= 15 is 0 Å². The molecule has 0 saturated heterocycles. The minimum absolute atomic E-state index is 0.866. The van der Waals surface area contributed by atoms with Crippen molar-refractivity contribution < 1.29 is 0 Å². The van der Waals surface area contributed by atoms with Crippen molar-refractivity contribution in [1.29, 1.82) is 0 Å². The second-order valence-electron chi connectivity index (χ2n) is 5.16. The second-order valence-corrected chi connectivity index (χ2v) is 5.16. The highest BCUT2D eigenvalue weighted by atomic mass is 15.2. The number of nitrogens with one attached hydrogen (secondary N) is 1. The standard InChI is InChI=1S/C17H24N4/c1-3-10-18-14-15-7-6-12-20-17(15)21(2)13-9-16-8-4-5-11-19-16/h4-8,11-12,18H,3,9-10,13-14H2,1-2H3. The van der Waals surface area contributed by atoms with Crippen LogP contribution in [0.3, 0.4) is 0 Å². The lowest BCUT2D eigenvalue weighted by molar-refractivity contribution is 0.671. The average Bonchev–Trinajstić information content (AvgIpc) is 2.54. The van der Waals surface area contributed by atoms with Crippen LogP contribution in [0.4, 0.5) is 5.82 Å². The molecule has 1 N–H and O–H groups in total. The van der Waals surface area contributed by atoms with Gasteiger partial charge in [0.15, 0.2) is 0 Å². The Morgan fingerprint density at radius 2 is 1.95 bits per heavy atom. The molecule has 0 saturated carbocycles. The highest BCUT2D eigenvalue weighted by Gasteiger charge is 2.08. The summed E-state index contributed by atoms with van der Waals surface area (Å²) >= 11 is 0. The van der Waals surface area contributed by atoms with Gasteiger partial charge in [-0.25, -0.2) is 4.98 Å². The first kappa shape index (κ1) is 15.4. The summed E-state index contributed by atoms with van der Waals surface area (Å²) in [4.78, 5) is 11.1. The quantitative estimate of drug-likeness (QED) is 0.757. The fraction of sp³-hybridized carbons (Fsp3) is 0.412. The monoisotopic (exact) mass is 284 g/mol. The minimum Gasteiger partial charge on any atom is -0.359 e. The van der Waals surface area contributed by atoms with Crippen molar-refractivity contribution in [2.75, 3.05) is 25.0 Å². The summed E-state index contributed by atoms with van der Waals surface area (Å²) in [7, 11) is 2.09. The SMILES string of the molecule is CCCNCc1cccnc1N(C)CCc1ccccn1. The van der Waals surface area contributed by atoms with E-state index in [0.29, 0.717) is 0 Å². The lowest BCUT2D eigenvalue weighted by Gasteiger charge is -2.21. The Labute approximate surface area is 127 Å². The van der Waals surface area contributed by atoms with Crippen molar-refractivity contribution in [3.05, 3.63) is 54.0 Å². The molecule has 112 valence electrons. The fourth-order valence-corrected chi connectivity index (χ4v) is 2.25. The predicted octanol–water partition coefficient (Wildman–Crippen LogP) is 2.66. The maximum atomic E-state index is 4.54. The maximum absolute atomic E-state index is 4.54. The molecule has 0 amide bonds. The molecule has 2 heterocycles. The van der Waals surface area contributed by atoms with Crippen molar-refractivity contribution in [1.82, 2.24) is 15.3 Å². The van der Waals surface area contributed by atoms with E-state index in [1.807, 2.05) is 30.6 Å². The molecule has 2 aromatic heterocycles. The molecule has 2 aromatic rings. The van der Waals surface area contributed by atoms with Crippen LogP contribution in [0.25, 0.3) is 0 Å². The van der Waals surface area contributed by atoms with Gasteiger partial charge in [-0.2, -0.15) is 0 Å². The summed E-state index contributed by atoms with van der Waals surface area (Å²) in [6.07, 6.45) is 5.77. The fourth-order valence-electron chi connectivity index (χ4n) is 2.25. The molecular weight excluding hydrogens is 260 g/mol. The van der Waals surface area contributed by atoms with Gasteiger partial charge in [0.2, 0.25) is 0 Å². The molecule has 0 aromatic carbocycles. The Morgan fingerprint density at radius 3 is 2.71 bits per heavy atom.